The number of carbonyl (C=O) groups excluding carboxylic acids is 1. The van der Waals surface area contributed by atoms with Gasteiger partial charge in [-0.15, -0.1) is 10.2 Å². The van der Waals surface area contributed by atoms with Gasteiger partial charge in [0.25, 0.3) is 6.43 Å². The van der Waals surface area contributed by atoms with Crippen LogP contribution in [-0.2, 0) is 24.1 Å². The van der Waals surface area contributed by atoms with Crippen LogP contribution in [0, 0.1) is 17.7 Å². The Morgan fingerprint density at radius 2 is 1.92 bits per heavy atom. The molecule has 0 spiro atoms. The lowest BCUT2D eigenvalue weighted by molar-refractivity contribution is -0.148. The molecule has 5 rings (SSSR count). The minimum atomic E-state index is -4.62. The number of hydrogen-bond donors (Lipinski definition) is 0. The molecule has 2 aromatic heterocycles. The number of halogens is 6. The first-order valence-electron chi connectivity index (χ1n) is 11.4. The molecule has 13 heteroatoms. The molecular weight excluding hydrogens is 490 g/mol. The van der Waals surface area contributed by atoms with E-state index in [9.17, 15) is 31.1 Å². The first kappa shape index (κ1) is 24.3. The molecular formula is C23H22F6N6O. The van der Waals surface area contributed by atoms with E-state index in [1.165, 1.54) is 23.1 Å². The van der Waals surface area contributed by atoms with Crippen molar-refractivity contribution in [3.05, 3.63) is 47.4 Å². The van der Waals surface area contributed by atoms with Gasteiger partial charge in [-0.1, -0.05) is 19.1 Å². The van der Waals surface area contributed by atoms with Crippen molar-refractivity contribution in [1.29, 1.82) is 0 Å². The second-order valence-corrected chi connectivity index (χ2v) is 9.20. The van der Waals surface area contributed by atoms with Gasteiger partial charge in [0.2, 0.25) is 11.7 Å². The van der Waals surface area contributed by atoms with Crippen LogP contribution in [0.1, 0.15) is 37.0 Å². The van der Waals surface area contributed by atoms with Crippen molar-refractivity contribution in [2.24, 2.45) is 11.8 Å². The van der Waals surface area contributed by atoms with E-state index in [-0.39, 0.29) is 54.1 Å². The largest absolute Gasteiger partial charge is 0.451 e. The highest BCUT2D eigenvalue weighted by molar-refractivity contribution is 5.92. The van der Waals surface area contributed by atoms with Gasteiger partial charge in [0.15, 0.2) is 11.6 Å². The van der Waals surface area contributed by atoms with E-state index >= 15 is 0 Å². The summed E-state index contributed by atoms with van der Waals surface area (Å²) in [6.45, 7) is 2.53. The van der Waals surface area contributed by atoms with E-state index < -0.39 is 30.2 Å². The lowest BCUT2D eigenvalue weighted by atomic mass is 9.85. The Bertz CT molecular complexity index is 1310. The predicted octanol–water partition coefficient (Wildman–Crippen LogP) is 4.43. The van der Waals surface area contributed by atoms with Crippen LogP contribution in [0.15, 0.2) is 24.4 Å². The molecule has 0 radical (unpaired) electrons. The van der Waals surface area contributed by atoms with Crippen LogP contribution in [0.4, 0.5) is 32.0 Å². The van der Waals surface area contributed by atoms with Crippen molar-refractivity contribution in [2.75, 3.05) is 24.5 Å². The fourth-order valence-corrected chi connectivity index (χ4v) is 5.13. The summed E-state index contributed by atoms with van der Waals surface area (Å²) in [5, 5.41) is 7.28. The fourth-order valence-electron chi connectivity index (χ4n) is 5.13. The van der Waals surface area contributed by atoms with E-state index in [0.29, 0.717) is 24.9 Å². The number of piperidine rings is 1. The van der Waals surface area contributed by atoms with Crippen molar-refractivity contribution in [3.8, 4) is 0 Å². The average molecular weight is 512 g/mol. The second kappa shape index (κ2) is 8.93. The molecule has 1 aromatic carbocycles. The molecule has 7 nitrogen and oxygen atoms in total. The molecule has 2 aliphatic heterocycles. The summed E-state index contributed by atoms with van der Waals surface area (Å²) in [7, 11) is 0. The monoisotopic (exact) mass is 512 g/mol. The Kier molecular flexibility index (Phi) is 6.03. The highest BCUT2D eigenvalue weighted by atomic mass is 19.4. The summed E-state index contributed by atoms with van der Waals surface area (Å²) in [5.74, 6) is -2.36. The maximum absolute atomic E-state index is 14.8. The molecule has 1 fully saturated rings. The molecule has 0 bridgehead atoms. The van der Waals surface area contributed by atoms with Gasteiger partial charge in [0.05, 0.1) is 23.9 Å². The maximum atomic E-state index is 14.8. The zero-order valence-corrected chi connectivity index (χ0v) is 19.1. The summed E-state index contributed by atoms with van der Waals surface area (Å²) >= 11 is 0. The molecule has 192 valence electrons. The van der Waals surface area contributed by atoms with Crippen LogP contribution in [-0.4, -0.2) is 50.2 Å². The normalized spacial score (nSPS) is 20.8. The average Bonchev–Trinajstić information content (AvgIpc) is 3.27. The van der Waals surface area contributed by atoms with Crippen LogP contribution in [0.5, 0.6) is 0 Å². The van der Waals surface area contributed by atoms with Gasteiger partial charge in [-0.25, -0.2) is 13.2 Å². The Labute approximate surface area is 201 Å². The molecule has 3 aromatic rings. The van der Waals surface area contributed by atoms with Gasteiger partial charge in [0.1, 0.15) is 0 Å². The summed E-state index contributed by atoms with van der Waals surface area (Å²) < 4.78 is 81.3. The van der Waals surface area contributed by atoms with Crippen molar-refractivity contribution in [2.45, 2.75) is 39.0 Å². The van der Waals surface area contributed by atoms with Crippen molar-refractivity contribution < 1.29 is 31.1 Å². The number of aromatic nitrogens is 4. The maximum Gasteiger partial charge on any atom is 0.451 e. The predicted molar refractivity (Wildman–Crippen MR) is 117 cm³/mol. The molecule has 2 aliphatic rings. The lowest BCUT2D eigenvalue weighted by Gasteiger charge is -2.40. The molecule has 4 heterocycles. The van der Waals surface area contributed by atoms with Gasteiger partial charge >= 0.3 is 6.18 Å². The molecule has 0 saturated carbocycles. The smallest absolute Gasteiger partial charge is 0.368 e. The highest BCUT2D eigenvalue weighted by Gasteiger charge is 2.41. The van der Waals surface area contributed by atoms with Crippen LogP contribution in [0.3, 0.4) is 0 Å². The number of benzene rings is 1. The minimum absolute atomic E-state index is 0.0506. The van der Waals surface area contributed by atoms with Gasteiger partial charge < -0.3 is 14.4 Å². The molecule has 0 N–H and O–H groups in total. The van der Waals surface area contributed by atoms with E-state index in [1.807, 2.05) is 6.92 Å². The number of carbonyl (C=O) groups is 1. The second-order valence-electron chi connectivity index (χ2n) is 9.20. The van der Waals surface area contributed by atoms with Gasteiger partial charge in [-0.3, -0.25) is 9.78 Å². The van der Waals surface area contributed by atoms with Crippen molar-refractivity contribution in [1.82, 2.24) is 24.6 Å². The van der Waals surface area contributed by atoms with Gasteiger partial charge in [-0.05, 0) is 18.4 Å². The van der Waals surface area contributed by atoms with Crippen molar-refractivity contribution >= 4 is 22.5 Å². The number of rotatable bonds is 3. The van der Waals surface area contributed by atoms with E-state index in [0.717, 1.165) is 10.8 Å². The van der Waals surface area contributed by atoms with Crippen molar-refractivity contribution in [3.63, 3.8) is 0 Å². The molecule has 0 unspecified atom stereocenters. The van der Waals surface area contributed by atoms with E-state index in [2.05, 4.69) is 15.2 Å². The Morgan fingerprint density at radius 3 is 2.61 bits per heavy atom. The van der Waals surface area contributed by atoms with E-state index in [4.69, 9.17) is 0 Å². The zero-order chi connectivity index (χ0) is 25.8. The molecule has 2 atom stereocenters. The fraction of sp³-hybridized carbons (Fsp3) is 0.478. The Morgan fingerprint density at radius 1 is 1.14 bits per heavy atom. The summed E-state index contributed by atoms with van der Waals surface area (Å²) in [4.78, 5) is 20.5. The minimum Gasteiger partial charge on any atom is -0.368 e. The number of pyridine rings is 1. The SMILES string of the molecule is C[C@@H]1CN(c2c(F)cnc3cc(C(F)F)ccc23)CC[C@@H]1C(=O)N1CCn2c(nnc2C(F)(F)F)C1. The first-order chi connectivity index (χ1) is 17.0. The summed E-state index contributed by atoms with van der Waals surface area (Å²) in [6.07, 6.45) is -5.88. The Balaban J connectivity index is 1.32. The van der Waals surface area contributed by atoms with Crippen LogP contribution >= 0.6 is 0 Å². The number of nitrogens with zero attached hydrogens (tertiary/aromatic N) is 6. The topological polar surface area (TPSA) is 67.2 Å². The Hall–Kier alpha value is -3.38. The van der Waals surface area contributed by atoms with Crippen LogP contribution in [0.2, 0.25) is 0 Å². The van der Waals surface area contributed by atoms with Crippen LogP contribution < -0.4 is 4.90 Å². The third-order valence-corrected chi connectivity index (χ3v) is 6.93. The third kappa shape index (κ3) is 4.24. The third-order valence-electron chi connectivity index (χ3n) is 6.93. The number of alkyl halides is 5. The number of fused-ring (bicyclic) bond motifs is 2. The highest BCUT2D eigenvalue weighted by Crippen LogP contribution is 2.36. The molecule has 1 amide bonds. The zero-order valence-electron chi connectivity index (χ0n) is 19.1. The number of amides is 1. The standard InChI is InChI=1S/C23H22F6N6O/c1-12-10-33(19-15-3-2-13(20(25)26)8-17(15)30-9-16(19)24)5-4-14(12)21(36)34-6-7-35-18(11-34)31-32-22(35)23(27,28)29/h2-3,8-9,12,14,20H,4-7,10-11H2,1H3/t12-,14+/m1/s1. The van der Waals surface area contributed by atoms with Gasteiger partial charge in [-0.2, -0.15) is 13.2 Å². The van der Waals surface area contributed by atoms with E-state index in [1.54, 1.807) is 4.90 Å². The summed E-state index contributed by atoms with van der Waals surface area (Å²) in [5.41, 5.74) is 0.306. The molecule has 0 aliphatic carbocycles. The van der Waals surface area contributed by atoms with Crippen LogP contribution in [0.25, 0.3) is 10.9 Å². The lowest BCUT2D eigenvalue weighted by Crippen LogP contribution is -2.49. The quantitative estimate of drug-likeness (QED) is 0.486. The number of hydrogen-bond acceptors (Lipinski definition) is 5. The molecule has 36 heavy (non-hydrogen) atoms. The summed E-state index contributed by atoms with van der Waals surface area (Å²) in [6, 6.07) is 3.92. The molecule has 1 saturated heterocycles. The first-order valence-corrected chi connectivity index (χ1v) is 11.4. The van der Waals surface area contributed by atoms with Gasteiger partial charge in [0, 0.05) is 43.0 Å². The number of anilines is 1.